The van der Waals surface area contributed by atoms with E-state index in [0.29, 0.717) is 13.0 Å². The first-order valence-electron chi connectivity index (χ1n) is 11.1. The second-order valence-electron chi connectivity index (χ2n) is 5.84. The van der Waals surface area contributed by atoms with Gasteiger partial charge in [-0.15, -0.1) is 0 Å². The predicted molar refractivity (Wildman–Crippen MR) is 147 cm³/mol. The summed E-state index contributed by atoms with van der Waals surface area (Å²) in [6.07, 6.45) is 1.92. The summed E-state index contributed by atoms with van der Waals surface area (Å²) in [6, 6.07) is 12.0. The van der Waals surface area contributed by atoms with E-state index in [1.54, 1.807) is 6.92 Å². The van der Waals surface area contributed by atoms with Crippen molar-refractivity contribution in [1.82, 2.24) is 10.6 Å². The molecule has 0 heterocycles. The first-order valence-corrected chi connectivity index (χ1v) is 11.1. The average Bonchev–Trinajstić information content (AvgIpc) is 2.72. The van der Waals surface area contributed by atoms with Crippen molar-refractivity contribution in [1.29, 1.82) is 0 Å². The van der Waals surface area contributed by atoms with E-state index in [1.807, 2.05) is 71.0 Å². The van der Waals surface area contributed by atoms with Crippen LogP contribution in [0.25, 0.3) is 0 Å². The largest absolute Gasteiger partial charge is 0.357 e. The Bertz CT molecular complexity index is 477. The van der Waals surface area contributed by atoms with Crippen LogP contribution in [0.4, 0.5) is 0 Å². The molecular formula is C27H56N2O4. The van der Waals surface area contributed by atoms with Crippen LogP contribution in [0.15, 0.2) is 36.4 Å². The normalized spacial score (nSPS) is 7.09. The molecule has 0 saturated carbocycles. The van der Waals surface area contributed by atoms with Gasteiger partial charge in [-0.2, -0.15) is 0 Å². The molecule has 6 nitrogen and oxygen atoms in total. The number of Topliss-reactive ketones (excluding diaryl/α,β-unsaturated/α-hetero) is 2. The Morgan fingerprint density at radius 2 is 0.879 bits per heavy atom. The maximum absolute atomic E-state index is 10.5. The molecule has 1 aromatic rings. The summed E-state index contributed by atoms with van der Waals surface area (Å²) >= 11 is 0. The van der Waals surface area contributed by atoms with Crippen molar-refractivity contribution >= 4 is 23.4 Å². The summed E-state index contributed by atoms with van der Waals surface area (Å²) in [5, 5.41) is 5.09. The van der Waals surface area contributed by atoms with E-state index in [9.17, 15) is 19.2 Å². The summed E-state index contributed by atoms with van der Waals surface area (Å²) in [4.78, 5) is 40.5. The maximum atomic E-state index is 10.5. The summed E-state index contributed by atoms with van der Waals surface area (Å²) in [5.41, 5.74) is 0. The van der Waals surface area contributed by atoms with Gasteiger partial charge in [0.15, 0.2) is 0 Å². The molecule has 1 aromatic carbocycles. The molecule has 0 unspecified atom stereocenters. The Morgan fingerprint density at radius 3 is 1.00 bits per heavy atom. The Hall–Kier alpha value is -2.50. The third-order valence-electron chi connectivity index (χ3n) is 2.37. The van der Waals surface area contributed by atoms with Gasteiger partial charge in [0.1, 0.15) is 11.6 Å². The Kier molecular flexibility index (Phi) is 68.9. The average molecular weight is 473 g/mol. The monoisotopic (exact) mass is 472 g/mol. The molecule has 0 bridgehead atoms. The van der Waals surface area contributed by atoms with E-state index >= 15 is 0 Å². The molecule has 0 spiro atoms. The van der Waals surface area contributed by atoms with Gasteiger partial charge in [0.05, 0.1) is 6.42 Å². The molecule has 2 amide bonds. The highest BCUT2D eigenvalue weighted by atomic mass is 16.2. The third-order valence-corrected chi connectivity index (χ3v) is 2.37. The van der Waals surface area contributed by atoms with Gasteiger partial charge in [0.25, 0.3) is 0 Å². The fraction of sp³-hybridized carbons (Fsp3) is 0.630. The minimum absolute atomic E-state index is 0. The van der Waals surface area contributed by atoms with Crippen molar-refractivity contribution in [3.05, 3.63) is 36.4 Å². The molecule has 0 atom stereocenters. The third kappa shape index (κ3) is 92.9. The zero-order valence-corrected chi connectivity index (χ0v) is 21.6. The van der Waals surface area contributed by atoms with Gasteiger partial charge in [-0.1, -0.05) is 92.3 Å². The molecule has 0 aliphatic rings. The van der Waals surface area contributed by atoms with Gasteiger partial charge in [-0.05, 0) is 27.7 Å². The Morgan fingerprint density at radius 1 is 0.606 bits per heavy atom. The van der Waals surface area contributed by atoms with Gasteiger partial charge in [0, 0.05) is 26.4 Å². The molecule has 0 fully saturated rings. The van der Waals surface area contributed by atoms with E-state index in [2.05, 4.69) is 24.5 Å². The van der Waals surface area contributed by atoms with E-state index in [0.717, 1.165) is 6.54 Å². The van der Waals surface area contributed by atoms with E-state index in [1.165, 1.54) is 20.3 Å². The smallest absolute Gasteiger partial charge is 0.227 e. The molecule has 198 valence electrons. The topological polar surface area (TPSA) is 92.3 Å². The Labute approximate surface area is 206 Å². The molecule has 2 N–H and O–H groups in total. The molecule has 6 heteroatoms. The van der Waals surface area contributed by atoms with Crippen LogP contribution in [0.5, 0.6) is 0 Å². The van der Waals surface area contributed by atoms with Crippen LogP contribution in [0.3, 0.4) is 0 Å². The molecule has 0 aromatic heterocycles. The number of carbonyl (C=O) groups excluding carboxylic acids is 4. The predicted octanol–water partition coefficient (Wildman–Crippen LogP) is 6.63. The number of ketones is 2. The zero-order chi connectivity index (χ0) is 25.5. The van der Waals surface area contributed by atoms with Gasteiger partial charge in [-0.3, -0.25) is 14.4 Å². The van der Waals surface area contributed by atoms with E-state index in [-0.39, 0.29) is 44.7 Å². The van der Waals surface area contributed by atoms with Crippen molar-refractivity contribution in [2.24, 2.45) is 0 Å². The number of hydrogen-bond acceptors (Lipinski definition) is 4. The molecule has 0 radical (unpaired) electrons. The molecule has 1 rings (SSSR count). The van der Waals surface area contributed by atoms with Crippen molar-refractivity contribution in [2.45, 2.75) is 103 Å². The number of carbonyl (C=O) groups is 4. The summed E-state index contributed by atoms with van der Waals surface area (Å²) in [5.74, 6) is 0.00782. The Balaban J connectivity index is -0.0000000511. The fourth-order valence-corrected chi connectivity index (χ4v) is 1.12. The number of amides is 2. The highest BCUT2D eigenvalue weighted by molar-refractivity contribution is 5.96. The van der Waals surface area contributed by atoms with E-state index in [4.69, 9.17) is 0 Å². The molecule has 0 aliphatic heterocycles. The first-order chi connectivity index (χ1) is 14.6. The van der Waals surface area contributed by atoms with Crippen molar-refractivity contribution in [2.75, 3.05) is 13.1 Å². The standard InChI is InChI=1S/C6H11NO2.C6H6.C4H9NO.C4H8O.C3H8.C2H6.2CH4/c1-3-7-6(9)4-5(2)8;1-2-4-6-5-3-1;1-3-5-4(2)6;1-3-4(2)5;1-3-2;1-2;;/h3-4H2,1-2H3,(H,7,9);1-6H;3H2,1-2H3,(H,5,6);3H2,1-2H3;3H2,1-2H3;1-2H3;2*1H4. The van der Waals surface area contributed by atoms with Gasteiger partial charge in [-0.25, -0.2) is 0 Å². The number of hydrogen-bond donors (Lipinski definition) is 2. The number of rotatable bonds is 5. The molecular weight excluding hydrogens is 416 g/mol. The summed E-state index contributed by atoms with van der Waals surface area (Å²) in [7, 11) is 0. The lowest BCUT2D eigenvalue weighted by Crippen LogP contribution is -2.24. The fourth-order valence-electron chi connectivity index (χ4n) is 1.12. The summed E-state index contributed by atoms with van der Waals surface area (Å²) in [6.45, 7) is 19.6. The van der Waals surface area contributed by atoms with Crippen LogP contribution in [0.2, 0.25) is 0 Å². The lowest BCUT2D eigenvalue weighted by atomic mass is 10.3. The minimum atomic E-state index is -0.190. The van der Waals surface area contributed by atoms with Crippen LogP contribution in [-0.4, -0.2) is 36.5 Å². The maximum Gasteiger partial charge on any atom is 0.227 e. The van der Waals surface area contributed by atoms with Gasteiger partial charge in [0.2, 0.25) is 11.8 Å². The number of nitrogens with one attached hydrogen (secondary N) is 2. The first kappa shape index (κ1) is 48.1. The molecule has 33 heavy (non-hydrogen) atoms. The van der Waals surface area contributed by atoms with Gasteiger partial charge < -0.3 is 15.4 Å². The molecule has 0 saturated heterocycles. The van der Waals surface area contributed by atoms with Crippen LogP contribution in [0, 0.1) is 0 Å². The number of benzene rings is 1. The highest BCUT2D eigenvalue weighted by Gasteiger charge is 2.00. The highest BCUT2D eigenvalue weighted by Crippen LogP contribution is 1.80. The lowest BCUT2D eigenvalue weighted by molar-refractivity contribution is -0.127. The van der Waals surface area contributed by atoms with Crippen molar-refractivity contribution in [3.8, 4) is 0 Å². The van der Waals surface area contributed by atoms with Crippen molar-refractivity contribution in [3.63, 3.8) is 0 Å². The van der Waals surface area contributed by atoms with Crippen molar-refractivity contribution < 1.29 is 19.2 Å². The van der Waals surface area contributed by atoms with Crippen LogP contribution in [0.1, 0.15) is 103 Å². The quantitative estimate of drug-likeness (QED) is 0.470. The second-order valence-corrected chi connectivity index (χ2v) is 5.84. The van der Waals surface area contributed by atoms with E-state index < -0.39 is 0 Å². The van der Waals surface area contributed by atoms with Crippen LogP contribution < -0.4 is 10.6 Å². The van der Waals surface area contributed by atoms with Gasteiger partial charge >= 0.3 is 0 Å². The summed E-state index contributed by atoms with van der Waals surface area (Å²) < 4.78 is 0. The SMILES string of the molecule is C.C.CC.CCC.CCC(C)=O.CCNC(=O)CC(C)=O.CCNC(C)=O.c1ccccc1. The molecule has 0 aliphatic carbocycles. The minimum Gasteiger partial charge on any atom is -0.357 e. The zero-order valence-electron chi connectivity index (χ0n) is 21.6. The van der Waals surface area contributed by atoms with Crippen LogP contribution >= 0.6 is 0 Å². The lowest BCUT2D eigenvalue weighted by Gasteiger charge is -1.96. The second kappa shape index (κ2) is 47.3. The van der Waals surface area contributed by atoms with Crippen LogP contribution in [-0.2, 0) is 19.2 Å².